The topological polar surface area (TPSA) is 33.0 Å². The number of rotatable bonds is 3. The van der Waals surface area contributed by atoms with E-state index < -0.39 is 0 Å². The number of aryl methyl sites for hydroxylation is 4. The normalized spacial score (nSPS) is 10.4. The molecule has 0 spiro atoms. The minimum Gasteiger partial charge on any atom is -0.456 e. The van der Waals surface area contributed by atoms with Crippen LogP contribution in [0.15, 0.2) is 54.6 Å². The second-order valence-corrected chi connectivity index (χ2v) is 6.57. The van der Waals surface area contributed by atoms with Crippen LogP contribution >= 0.6 is 0 Å². The smallest absolute Gasteiger partial charge is 0.138 e. The van der Waals surface area contributed by atoms with Gasteiger partial charge in [-0.15, -0.1) is 0 Å². The summed E-state index contributed by atoms with van der Waals surface area (Å²) < 4.78 is 6.22. The van der Waals surface area contributed by atoms with Gasteiger partial charge in [-0.3, -0.25) is 0 Å². The molecule has 0 aliphatic carbocycles. The molecule has 0 fully saturated rings. The van der Waals surface area contributed by atoms with E-state index in [1.165, 1.54) is 16.7 Å². The molecule has 0 saturated carbocycles. The van der Waals surface area contributed by atoms with Gasteiger partial charge in [0.15, 0.2) is 0 Å². The number of benzene rings is 3. The van der Waals surface area contributed by atoms with Crippen LogP contribution in [0, 0.1) is 39.0 Å². The van der Waals surface area contributed by atoms with Crippen LogP contribution in [0.4, 0.5) is 0 Å². The Labute approximate surface area is 149 Å². The van der Waals surface area contributed by atoms with Gasteiger partial charge in [0.05, 0.1) is 11.6 Å². The maximum Gasteiger partial charge on any atom is 0.138 e. The first-order valence-electron chi connectivity index (χ1n) is 8.34. The first kappa shape index (κ1) is 16.8. The van der Waals surface area contributed by atoms with Gasteiger partial charge in [-0.25, -0.2) is 0 Å². The molecular weight excluding hydrogens is 306 g/mol. The van der Waals surface area contributed by atoms with E-state index in [0.717, 1.165) is 28.2 Å². The second kappa shape index (κ2) is 6.83. The van der Waals surface area contributed by atoms with Crippen molar-refractivity contribution in [2.24, 2.45) is 0 Å². The number of nitrogens with zero attached hydrogens (tertiary/aromatic N) is 1. The van der Waals surface area contributed by atoms with Crippen molar-refractivity contribution in [3.63, 3.8) is 0 Å². The number of ether oxygens (including phenoxy) is 1. The summed E-state index contributed by atoms with van der Waals surface area (Å²) in [6.07, 6.45) is 0. The molecular formula is C23H21NO. The first-order chi connectivity index (χ1) is 12.0. The van der Waals surface area contributed by atoms with E-state index in [-0.39, 0.29) is 0 Å². The van der Waals surface area contributed by atoms with Gasteiger partial charge in [0, 0.05) is 5.56 Å². The van der Waals surface area contributed by atoms with Gasteiger partial charge in [0.25, 0.3) is 0 Å². The molecule has 124 valence electrons. The van der Waals surface area contributed by atoms with Crippen LogP contribution in [-0.2, 0) is 0 Å². The highest BCUT2D eigenvalue weighted by atomic mass is 16.5. The Morgan fingerprint density at radius 3 is 1.96 bits per heavy atom. The van der Waals surface area contributed by atoms with Crippen LogP contribution in [0.3, 0.4) is 0 Å². The lowest BCUT2D eigenvalue weighted by Gasteiger charge is -2.16. The Morgan fingerprint density at radius 1 is 0.760 bits per heavy atom. The van der Waals surface area contributed by atoms with Crippen molar-refractivity contribution < 1.29 is 4.74 Å². The third kappa shape index (κ3) is 3.72. The summed E-state index contributed by atoms with van der Waals surface area (Å²) in [5.74, 6) is 1.59. The van der Waals surface area contributed by atoms with Crippen LogP contribution in [0.2, 0.25) is 0 Å². The fourth-order valence-electron chi connectivity index (χ4n) is 3.15. The highest BCUT2D eigenvalue weighted by molar-refractivity contribution is 5.74. The van der Waals surface area contributed by atoms with E-state index in [1.807, 2.05) is 12.1 Å². The largest absolute Gasteiger partial charge is 0.456 e. The third-order valence-corrected chi connectivity index (χ3v) is 4.15. The molecule has 0 unspecified atom stereocenters. The molecule has 25 heavy (non-hydrogen) atoms. The van der Waals surface area contributed by atoms with Crippen LogP contribution in [0.5, 0.6) is 11.5 Å². The molecule has 3 aromatic rings. The van der Waals surface area contributed by atoms with Crippen LogP contribution < -0.4 is 4.74 Å². The van der Waals surface area contributed by atoms with E-state index in [9.17, 15) is 0 Å². The maximum atomic E-state index is 8.95. The molecule has 0 amide bonds. The molecule has 0 aromatic heterocycles. The molecule has 0 atom stereocenters. The van der Waals surface area contributed by atoms with E-state index in [1.54, 1.807) is 12.1 Å². The molecule has 0 N–H and O–H groups in total. The highest BCUT2D eigenvalue weighted by Crippen LogP contribution is 2.38. The Morgan fingerprint density at radius 2 is 1.36 bits per heavy atom. The summed E-state index contributed by atoms with van der Waals surface area (Å²) in [7, 11) is 0. The van der Waals surface area contributed by atoms with Crippen molar-refractivity contribution in [3.8, 4) is 28.7 Å². The molecule has 0 aliphatic rings. The molecule has 0 aliphatic heterocycles. The predicted octanol–water partition coefficient (Wildman–Crippen LogP) is 6.25. The number of hydrogen-bond acceptors (Lipinski definition) is 2. The summed E-state index contributed by atoms with van der Waals surface area (Å²) in [6, 6.07) is 20.2. The van der Waals surface area contributed by atoms with E-state index in [0.29, 0.717) is 5.56 Å². The standard InChI is InChI=1S/C23H21NO/c1-15-9-16(2)12-20(11-15)22-13-17(3)10-18(4)23(22)25-21-7-5-19(14-24)6-8-21/h5-13H,1-4H3. The highest BCUT2D eigenvalue weighted by Gasteiger charge is 2.13. The fourth-order valence-corrected chi connectivity index (χ4v) is 3.15. The van der Waals surface area contributed by atoms with Gasteiger partial charge in [-0.05, 0) is 74.7 Å². The van der Waals surface area contributed by atoms with Gasteiger partial charge in [0.1, 0.15) is 11.5 Å². The first-order valence-corrected chi connectivity index (χ1v) is 8.34. The fraction of sp³-hybridized carbons (Fsp3) is 0.174. The summed E-state index contributed by atoms with van der Waals surface area (Å²) in [5, 5.41) is 8.95. The molecule has 0 saturated heterocycles. The van der Waals surface area contributed by atoms with E-state index in [4.69, 9.17) is 10.00 Å². The van der Waals surface area contributed by atoms with Gasteiger partial charge < -0.3 is 4.74 Å². The zero-order chi connectivity index (χ0) is 18.0. The monoisotopic (exact) mass is 327 g/mol. The van der Waals surface area contributed by atoms with Gasteiger partial charge >= 0.3 is 0 Å². The molecule has 3 rings (SSSR count). The Balaban J connectivity index is 2.10. The second-order valence-electron chi connectivity index (χ2n) is 6.57. The molecule has 0 radical (unpaired) electrons. The quantitative estimate of drug-likeness (QED) is 0.569. The Hall–Kier alpha value is -3.05. The van der Waals surface area contributed by atoms with Crippen LogP contribution in [-0.4, -0.2) is 0 Å². The van der Waals surface area contributed by atoms with Gasteiger partial charge in [-0.2, -0.15) is 5.26 Å². The molecule has 2 nitrogen and oxygen atoms in total. The predicted molar refractivity (Wildman–Crippen MR) is 102 cm³/mol. The summed E-state index contributed by atoms with van der Waals surface area (Å²) in [5.41, 5.74) is 7.65. The van der Waals surface area contributed by atoms with Gasteiger partial charge in [-0.1, -0.05) is 35.4 Å². The number of hydrogen-bond donors (Lipinski definition) is 0. The number of nitriles is 1. The van der Waals surface area contributed by atoms with Crippen LogP contribution in [0.1, 0.15) is 27.8 Å². The van der Waals surface area contributed by atoms with Crippen molar-refractivity contribution in [3.05, 3.63) is 82.4 Å². The van der Waals surface area contributed by atoms with Gasteiger partial charge in [0.2, 0.25) is 0 Å². The Kier molecular flexibility index (Phi) is 4.59. The lowest BCUT2D eigenvalue weighted by Crippen LogP contribution is -1.94. The summed E-state index contributed by atoms with van der Waals surface area (Å²) in [6.45, 7) is 8.39. The van der Waals surface area contributed by atoms with Crippen LogP contribution in [0.25, 0.3) is 11.1 Å². The molecule has 3 aromatic carbocycles. The van der Waals surface area contributed by atoms with Crippen molar-refractivity contribution in [1.29, 1.82) is 5.26 Å². The Bertz CT molecular complexity index is 942. The maximum absolute atomic E-state index is 8.95. The molecule has 0 heterocycles. The van der Waals surface area contributed by atoms with Crippen molar-refractivity contribution in [1.82, 2.24) is 0 Å². The van der Waals surface area contributed by atoms with Crippen molar-refractivity contribution >= 4 is 0 Å². The molecule has 2 heteroatoms. The average molecular weight is 327 g/mol. The summed E-state index contributed by atoms with van der Waals surface area (Å²) in [4.78, 5) is 0. The zero-order valence-corrected chi connectivity index (χ0v) is 15.1. The lowest BCUT2D eigenvalue weighted by atomic mass is 9.96. The third-order valence-electron chi connectivity index (χ3n) is 4.15. The van der Waals surface area contributed by atoms with Crippen molar-refractivity contribution in [2.75, 3.05) is 0 Å². The van der Waals surface area contributed by atoms with E-state index in [2.05, 4.69) is 64.1 Å². The van der Waals surface area contributed by atoms with Crippen molar-refractivity contribution in [2.45, 2.75) is 27.7 Å². The minimum atomic E-state index is 0.627. The lowest BCUT2D eigenvalue weighted by molar-refractivity contribution is 0.480. The molecule has 0 bridgehead atoms. The zero-order valence-electron chi connectivity index (χ0n) is 15.1. The SMILES string of the molecule is Cc1cc(C)cc(-c2cc(C)cc(C)c2Oc2ccc(C#N)cc2)c1. The average Bonchev–Trinajstić information content (AvgIpc) is 2.56. The van der Waals surface area contributed by atoms with E-state index >= 15 is 0 Å². The summed E-state index contributed by atoms with van der Waals surface area (Å²) >= 11 is 0. The minimum absolute atomic E-state index is 0.627.